The SMILES string of the molecule is COC(=O)COc1ccc(CN2C(C(=O)O)CC3CCCCC32)cc1. The molecule has 0 bridgehead atoms. The van der Waals surface area contributed by atoms with Crippen molar-refractivity contribution in [1.82, 2.24) is 4.90 Å². The minimum atomic E-state index is -0.715. The Labute approximate surface area is 147 Å². The minimum Gasteiger partial charge on any atom is -0.482 e. The number of likely N-dealkylation sites (tertiary alicyclic amines) is 1. The highest BCUT2D eigenvalue weighted by atomic mass is 16.6. The number of carboxylic acids is 1. The van der Waals surface area contributed by atoms with Crippen LogP contribution < -0.4 is 4.74 Å². The summed E-state index contributed by atoms with van der Waals surface area (Å²) in [5.41, 5.74) is 1.06. The van der Waals surface area contributed by atoms with Crippen LogP contribution in [0, 0.1) is 5.92 Å². The second kappa shape index (κ2) is 7.87. The summed E-state index contributed by atoms with van der Waals surface area (Å²) in [4.78, 5) is 24.9. The van der Waals surface area contributed by atoms with Gasteiger partial charge in [0.1, 0.15) is 11.8 Å². The number of ether oxygens (including phenoxy) is 2. The number of hydrogen-bond donors (Lipinski definition) is 1. The first kappa shape index (κ1) is 17.7. The molecule has 0 radical (unpaired) electrons. The van der Waals surface area contributed by atoms with Crippen molar-refractivity contribution in [2.75, 3.05) is 13.7 Å². The molecular formula is C19H25NO5. The van der Waals surface area contributed by atoms with E-state index >= 15 is 0 Å². The quantitative estimate of drug-likeness (QED) is 0.797. The highest BCUT2D eigenvalue weighted by Gasteiger charge is 2.44. The highest BCUT2D eigenvalue weighted by Crippen LogP contribution is 2.40. The number of carbonyl (C=O) groups is 2. The molecule has 3 atom stereocenters. The number of benzene rings is 1. The predicted octanol–water partition coefficient (Wildman–Crippen LogP) is 2.46. The smallest absolute Gasteiger partial charge is 0.343 e. The maximum atomic E-state index is 11.7. The van der Waals surface area contributed by atoms with Crippen molar-refractivity contribution in [2.24, 2.45) is 5.92 Å². The second-order valence-electron chi connectivity index (χ2n) is 6.88. The molecule has 1 aromatic carbocycles. The van der Waals surface area contributed by atoms with Crippen molar-refractivity contribution < 1.29 is 24.2 Å². The van der Waals surface area contributed by atoms with Crippen LogP contribution >= 0.6 is 0 Å². The van der Waals surface area contributed by atoms with Gasteiger partial charge in [0.15, 0.2) is 6.61 Å². The molecule has 1 aliphatic heterocycles. The summed E-state index contributed by atoms with van der Waals surface area (Å²) in [5, 5.41) is 9.59. The molecule has 6 nitrogen and oxygen atoms in total. The Morgan fingerprint density at radius 3 is 2.60 bits per heavy atom. The normalized spacial score (nSPS) is 26.0. The highest BCUT2D eigenvalue weighted by molar-refractivity contribution is 5.74. The van der Waals surface area contributed by atoms with E-state index in [4.69, 9.17) is 4.74 Å². The fraction of sp³-hybridized carbons (Fsp3) is 0.579. The lowest BCUT2D eigenvalue weighted by Gasteiger charge is -2.33. The predicted molar refractivity (Wildman–Crippen MR) is 91.3 cm³/mol. The molecule has 2 fully saturated rings. The average molecular weight is 347 g/mol. The molecule has 1 saturated carbocycles. The number of methoxy groups -OCH3 is 1. The number of fused-ring (bicyclic) bond motifs is 1. The van der Waals surface area contributed by atoms with Gasteiger partial charge in [0.2, 0.25) is 0 Å². The van der Waals surface area contributed by atoms with Crippen molar-refractivity contribution >= 4 is 11.9 Å². The summed E-state index contributed by atoms with van der Waals surface area (Å²) in [6, 6.07) is 7.47. The van der Waals surface area contributed by atoms with Crippen molar-refractivity contribution in [1.29, 1.82) is 0 Å². The van der Waals surface area contributed by atoms with Crippen LogP contribution in [0.1, 0.15) is 37.7 Å². The molecule has 3 unspecified atom stereocenters. The molecule has 6 heteroatoms. The van der Waals surface area contributed by atoms with Crippen molar-refractivity contribution in [3.8, 4) is 5.75 Å². The molecule has 0 amide bonds. The fourth-order valence-corrected chi connectivity index (χ4v) is 4.13. The van der Waals surface area contributed by atoms with E-state index in [-0.39, 0.29) is 12.6 Å². The van der Waals surface area contributed by atoms with E-state index in [0.717, 1.165) is 24.8 Å². The maximum Gasteiger partial charge on any atom is 0.343 e. The van der Waals surface area contributed by atoms with Gasteiger partial charge < -0.3 is 14.6 Å². The minimum absolute atomic E-state index is 0.118. The molecular weight excluding hydrogens is 322 g/mol. The summed E-state index contributed by atoms with van der Waals surface area (Å²) < 4.78 is 9.89. The third-order valence-corrected chi connectivity index (χ3v) is 5.38. The Morgan fingerprint density at radius 1 is 1.20 bits per heavy atom. The largest absolute Gasteiger partial charge is 0.482 e. The number of hydrogen-bond acceptors (Lipinski definition) is 5. The van der Waals surface area contributed by atoms with Crippen LogP contribution in [-0.2, 0) is 20.9 Å². The van der Waals surface area contributed by atoms with Crippen LogP contribution in [0.2, 0.25) is 0 Å². The maximum absolute atomic E-state index is 11.7. The monoisotopic (exact) mass is 347 g/mol. The molecule has 0 spiro atoms. The van der Waals surface area contributed by atoms with Gasteiger partial charge in [0.25, 0.3) is 0 Å². The Kier molecular flexibility index (Phi) is 5.58. The number of rotatable bonds is 6. The second-order valence-corrected chi connectivity index (χ2v) is 6.88. The Morgan fingerprint density at radius 2 is 1.92 bits per heavy atom. The molecule has 2 aliphatic rings. The third-order valence-electron chi connectivity index (χ3n) is 5.38. The van der Waals surface area contributed by atoms with Gasteiger partial charge in [-0.3, -0.25) is 9.69 Å². The number of carboxylic acid groups (broad SMARTS) is 1. The zero-order valence-electron chi connectivity index (χ0n) is 14.5. The summed E-state index contributed by atoms with van der Waals surface area (Å²) in [5.74, 6) is -0.0281. The number of esters is 1. The lowest BCUT2D eigenvalue weighted by atomic mass is 9.84. The summed E-state index contributed by atoms with van der Waals surface area (Å²) in [7, 11) is 1.32. The molecule has 1 aliphatic carbocycles. The van der Waals surface area contributed by atoms with Crippen LogP contribution in [0.25, 0.3) is 0 Å². The van der Waals surface area contributed by atoms with Crippen LogP contribution in [-0.4, -0.2) is 47.7 Å². The van der Waals surface area contributed by atoms with Crippen molar-refractivity contribution in [2.45, 2.75) is 50.7 Å². The lowest BCUT2D eigenvalue weighted by molar-refractivity contribution is -0.143. The van der Waals surface area contributed by atoms with E-state index in [0.29, 0.717) is 24.3 Å². The van der Waals surface area contributed by atoms with Gasteiger partial charge in [0.05, 0.1) is 7.11 Å². The molecule has 136 valence electrons. The standard InChI is InChI=1S/C19H25NO5/c1-24-18(21)12-25-15-8-6-13(7-9-15)11-20-16-5-3-2-4-14(16)10-17(20)19(22)23/h6-9,14,16-17H,2-5,10-12H2,1H3,(H,22,23). The first-order valence-corrected chi connectivity index (χ1v) is 8.85. The molecule has 1 aromatic rings. The Balaban J connectivity index is 1.65. The van der Waals surface area contributed by atoms with Crippen molar-refractivity contribution in [3.63, 3.8) is 0 Å². The topological polar surface area (TPSA) is 76.1 Å². The third kappa shape index (κ3) is 4.12. The first-order valence-electron chi connectivity index (χ1n) is 8.85. The van der Waals surface area contributed by atoms with E-state index in [2.05, 4.69) is 9.64 Å². The molecule has 25 heavy (non-hydrogen) atoms. The molecule has 0 aromatic heterocycles. The van der Waals surface area contributed by atoms with E-state index in [9.17, 15) is 14.7 Å². The van der Waals surface area contributed by atoms with Crippen LogP contribution in [0.3, 0.4) is 0 Å². The molecule has 1 N–H and O–H groups in total. The van der Waals surface area contributed by atoms with Gasteiger partial charge in [-0.1, -0.05) is 25.0 Å². The lowest BCUT2D eigenvalue weighted by Crippen LogP contribution is -2.41. The zero-order chi connectivity index (χ0) is 17.8. The van der Waals surface area contributed by atoms with Crippen LogP contribution in [0.5, 0.6) is 5.75 Å². The number of nitrogens with zero attached hydrogens (tertiary/aromatic N) is 1. The summed E-state index contributed by atoms with van der Waals surface area (Å²) >= 11 is 0. The molecule has 1 heterocycles. The van der Waals surface area contributed by atoms with Crippen molar-refractivity contribution in [3.05, 3.63) is 29.8 Å². The molecule has 1 saturated heterocycles. The average Bonchev–Trinajstić information content (AvgIpc) is 3.00. The number of aliphatic carboxylic acids is 1. The van der Waals surface area contributed by atoms with E-state index < -0.39 is 11.9 Å². The number of carbonyl (C=O) groups excluding carboxylic acids is 1. The van der Waals surface area contributed by atoms with Gasteiger partial charge >= 0.3 is 11.9 Å². The first-order chi connectivity index (χ1) is 12.1. The van der Waals surface area contributed by atoms with Crippen LogP contribution in [0.15, 0.2) is 24.3 Å². The van der Waals surface area contributed by atoms with Crippen LogP contribution in [0.4, 0.5) is 0 Å². The fourth-order valence-electron chi connectivity index (χ4n) is 4.13. The van der Waals surface area contributed by atoms with Gasteiger partial charge in [-0.2, -0.15) is 0 Å². The Bertz CT molecular complexity index is 615. The molecule has 3 rings (SSSR count). The summed E-state index contributed by atoms with van der Waals surface area (Å²) in [6.45, 7) is 0.516. The van der Waals surface area contributed by atoms with Gasteiger partial charge in [-0.05, 0) is 42.9 Å². The summed E-state index contributed by atoms with van der Waals surface area (Å²) in [6.07, 6.45) is 5.40. The van der Waals surface area contributed by atoms with Gasteiger partial charge in [0, 0.05) is 12.6 Å². The zero-order valence-corrected chi connectivity index (χ0v) is 14.5. The Hall–Kier alpha value is -2.08. The van der Waals surface area contributed by atoms with E-state index in [1.807, 2.05) is 24.3 Å². The van der Waals surface area contributed by atoms with Gasteiger partial charge in [-0.15, -0.1) is 0 Å². The van der Waals surface area contributed by atoms with Gasteiger partial charge in [-0.25, -0.2) is 4.79 Å². The van der Waals surface area contributed by atoms with E-state index in [1.54, 1.807) is 0 Å². The van der Waals surface area contributed by atoms with E-state index in [1.165, 1.54) is 20.0 Å².